The molecule has 3 N–H and O–H groups in total. The molecular formula is C9H15N3. The van der Waals surface area contributed by atoms with Gasteiger partial charge in [0.2, 0.25) is 0 Å². The zero-order valence-corrected chi connectivity index (χ0v) is 7.43. The molecule has 2 rings (SSSR count). The Balaban J connectivity index is 2.38. The standard InChI is InChI=1S/C9H15N3/c1-6(10)9-7-4-2-3-5-8(7)11-12-9/h6H,2-5,10H2,1H3,(H,11,12). The lowest BCUT2D eigenvalue weighted by atomic mass is 9.94. The third-order valence-corrected chi connectivity index (χ3v) is 2.52. The van der Waals surface area contributed by atoms with Gasteiger partial charge in [0.25, 0.3) is 0 Å². The molecule has 3 heteroatoms. The first-order valence-corrected chi connectivity index (χ1v) is 4.60. The van der Waals surface area contributed by atoms with Crippen LogP contribution in [0.1, 0.15) is 42.8 Å². The smallest absolute Gasteiger partial charge is 0.0821 e. The number of aromatic nitrogens is 2. The molecule has 1 heterocycles. The molecule has 0 saturated heterocycles. The molecular weight excluding hydrogens is 150 g/mol. The molecule has 1 aliphatic rings. The van der Waals surface area contributed by atoms with E-state index in [-0.39, 0.29) is 6.04 Å². The molecule has 1 unspecified atom stereocenters. The van der Waals surface area contributed by atoms with Crippen LogP contribution in [0.15, 0.2) is 0 Å². The molecule has 0 radical (unpaired) electrons. The Bertz CT molecular complexity index is 275. The molecule has 0 bridgehead atoms. The Morgan fingerprint density at radius 2 is 2.17 bits per heavy atom. The molecule has 1 aromatic heterocycles. The van der Waals surface area contributed by atoms with Crippen LogP contribution in [-0.4, -0.2) is 10.2 Å². The summed E-state index contributed by atoms with van der Waals surface area (Å²) in [4.78, 5) is 0. The van der Waals surface area contributed by atoms with E-state index in [1.165, 1.54) is 24.1 Å². The van der Waals surface area contributed by atoms with Crippen molar-refractivity contribution in [2.45, 2.75) is 38.6 Å². The molecule has 1 atom stereocenters. The van der Waals surface area contributed by atoms with E-state index in [0.717, 1.165) is 18.5 Å². The van der Waals surface area contributed by atoms with Gasteiger partial charge in [-0.05, 0) is 38.2 Å². The predicted octanol–water partition coefficient (Wildman–Crippen LogP) is 1.31. The van der Waals surface area contributed by atoms with Gasteiger partial charge in [-0.2, -0.15) is 5.10 Å². The second kappa shape index (κ2) is 2.90. The van der Waals surface area contributed by atoms with E-state index >= 15 is 0 Å². The second-order valence-electron chi connectivity index (χ2n) is 3.56. The monoisotopic (exact) mass is 165 g/mol. The maximum atomic E-state index is 5.80. The van der Waals surface area contributed by atoms with Gasteiger partial charge in [0.15, 0.2) is 0 Å². The number of nitrogens with two attached hydrogens (primary N) is 1. The summed E-state index contributed by atoms with van der Waals surface area (Å²) in [6, 6.07) is 0.0723. The lowest BCUT2D eigenvalue weighted by Gasteiger charge is -2.12. The van der Waals surface area contributed by atoms with Crippen LogP contribution in [0.25, 0.3) is 0 Å². The van der Waals surface area contributed by atoms with Crippen LogP contribution in [-0.2, 0) is 12.8 Å². The molecule has 0 fully saturated rings. The number of rotatable bonds is 1. The molecule has 0 spiro atoms. The van der Waals surface area contributed by atoms with Crippen LogP contribution in [0.5, 0.6) is 0 Å². The van der Waals surface area contributed by atoms with Crippen molar-refractivity contribution >= 4 is 0 Å². The van der Waals surface area contributed by atoms with Crippen molar-refractivity contribution in [1.82, 2.24) is 10.2 Å². The van der Waals surface area contributed by atoms with Crippen molar-refractivity contribution in [3.63, 3.8) is 0 Å². The van der Waals surface area contributed by atoms with E-state index < -0.39 is 0 Å². The van der Waals surface area contributed by atoms with Crippen molar-refractivity contribution in [3.8, 4) is 0 Å². The Morgan fingerprint density at radius 3 is 2.92 bits per heavy atom. The van der Waals surface area contributed by atoms with Crippen molar-refractivity contribution in [1.29, 1.82) is 0 Å². The zero-order valence-electron chi connectivity index (χ0n) is 7.43. The third kappa shape index (κ3) is 1.14. The molecule has 66 valence electrons. The third-order valence-electron chi connectivity index (χ3n) is 2.52. The fraction of sp³-hybridized carbons (Fsp3) is 0.667. The molecule has 0 saturated carbocycles. The highest BCUT2D eigenvalue weighted by molar-refractivity contribution is 5.29. The van der Waals surface area contributed by atoms with Crippen LogP contribution >= 0.6 is 0 Å². The number of fused-ring (bicyclic) bond motifs is 1. The van der Waals surface area contributed by atoms with E-state index in [4.69, 9.17) is 5.73 Å². The van der Waals surface area contributed by atoms with Crippen LogP contribution < -0.4 is 5.73 Å². The Labute approximate surface area is 72.4 Å². The van der Waals surface area contributed by atoms with Crippen LogP contribution in [0.4, 0.5) is 0 Å². The average molecular weight is 165 g/mol. The first-order valence-electron chi connectivity index (χ1n) is 4.60. The molecule has 1 aliphatic carbocycles. The maximum Gasteiger partial charge on any atom is 0.0821 e. The van der Waals surface area contributed by atoms with Gasteiger partial charge >= 0.3 is 0 Å². The highest BCUT2D eigenvalue weighted by atomic mass is 15.1. The quantitative estimate of drug-likeness (QED) is 0.659. The van der Waals surface area contributed by atoms with Gasteiger partial charge in [0.1, 0.15) is 0 Å². The fourth-order valence-corrected chi connectivity index (χ4v) is 1.88. The summed E-state index contributed by atoms with van der Waals surface area (Å²) in [6.45, 7) is 1.99. The van der Waals surface area contributed by atoms with Gasteiger partial charge in [-0.1, -0.05) is 0 Å². The maximum absolute atomic E-state index is 5.80. The normalized spacial score (nSPS) is 18.8. The molecule has 3 nitrogen and oxygen atoms in total. The first-order chi connectivity index (χ1) is 5.79. The number of nitrogens with zero attached hydrogens (tertiary/aromatic N) is 1. The summed E-state index contributed by atoms with van der Waals surface area (Å²) >= 11 is 0. The predicted molar refractivity (Wildman–Crippen MR) is 47.8 cm³/mol. The highest BCUT2D eigenvalue weighted by Crippen LogP contribution is 2.24. The number of hydrogen-bond acceptors (Lipinski definition) is 2. The Hall–Kier alpha value is -0.830. The van der Waals surface area contributed by atoms with E-state index in [1.54, 1.807) is 0 Å². The highest BCUT2D eigenvalue weighted by Gasteiger charge is 2.18. The van der Waals surface area contributed by atoms with Gasteiger partial charge in [-0.3, -0.25) is 5.10 Å². The minimum absolute atomic E-state index is 0.0723. The van der Waals surface area contributed by atoms with Crippen molar-refractivity contribution in [2.75, 3.05) is 0 Å². The number of aromatic amines is 1. The lowest BCUT2D eigenvalue weighted by Crippen LogP contribution is -2.10. The topological polar surface area (TPSA) is 54.7 Å². The van der Waals surface area contributed by atoms with Crippen molar-refractivity contribution in [3.05, 3.63) is 17.0 Å². The molecule has 0 aliphatic heterocycles. The largest absolute Gasteiger partial charge is 0.323 e. The van der Waals surface area contributed by atoms with Gasteiger partial charge in [0, 0.05) is 11.7 Å². The zero-order chi connectivity index (χ0) is 8.55. The molecule has 12 heavy (non-hydrogen) atoms. The van der Waals surface area contributed by atoms with Crippen molar-refractivity contribution < 1.29 is 0 Å². The summed E-state index contributed by atoms with van der Waals surface area (Å²) in [6.07, 6.45) is 4.87. The summed E-state index contributed by atoms with van der Waals surface area (Å²) in [7, 11) is 0. The minimum atomic E-state index is 0.0723. The summed E-state index contributed by atoms with van der Waals surface area (Å²) < 4.78 is 0. The average Bonchev–Trinajstić information content (AvgIpc) is 2.47. The summed E-state index contributed by atoms with van der Waals surface area (Å²) in [5.74, 6) is 0. The SMILES string of the molecule is CC(N)c1n[nH]c2c1CCCC2. The van der Waals surface area contributed by atoms with Crippen molar-refractivity contribution in [2.24, 2.45) is 5.73 Å². The van der Waals surface area contributed by atoms with Gasteiger partial charge in [-0.25, -0.2) is 0 Å². The van der Waals surface area contributed by atoms with E-state index in [1.807, 2.05) is 6.92 Å². The Kier molecular flexibility index (Phi) is 1.89. The minimum Gasteiger partial charge on any atom is -0.323 e. The van der Waals surface area contributed by atoms with Crippen LogP contribution in [0.2, 0.25) is 0 Å². The van der Waals surface area contributed by atoms with Gasteiger partial charge in [0.05, 0.1) is 5.69 Å². The van der Waals surface area contributed by atoms with Gasteiger partial charge < -0.3 is 5.73 Å². The van der Waals surface area contributed by atoms with E-state index in [0.29, 0.717) is 0 Å². The Morgan fingerprint density at radius 1 is 1.42 bits per heavy atom. The molecule has 0 aromatic carbocycles. The number of aryl methyl sites for hydroxylation is 1. The number of H-pyrrole nitrogens is 1. The number of hydrogen-bond donors (Lipinski definition) is 2. The van der Waals surface area contributed by atoms with E-state index in [2.05, 4.69) is 10.2 Å². The van der Waals surface area contributed by atoms with E-state index in [9.17, 15) is 0 Å². The summed E-state index contributed by atoms with van der Waals surface area (Å²) in [5.41, 5.74) is 9.57. The fourth-order valence-electron chi connectivity index (χ4n) is 1.88. The molecule has 1 aromatic rings. The first kappa shape index (κ1) is 7.80. The second-order valence-corrected chi connectivity index (χ2v) is 3.56. The van der Waals surface area contributed by atoms with Crippen LogP contribution in [0, 0.1) is 0 Å². The number of nitrogens with one attached hydrogen (secondary N) is 1. The molecule has 0 amide bonds. The summed E-state index contributed by atoms with van der Waals surface area (Å²) in [5, 5.41) is 7.32. The van der Waals surface area contributed by atoms with Gasteiger partial charge in [-0.15, -0.1) is 0 Å². The van der Waals surface area contributed by atoms with Crippen LogP contribution in [0.3, 0.4) is 0 Å². The lowest BCUT2D eigenvalue weighted by molar-refractivity contribution is 0.666.